The summed E-state index contributed by atoms with van der Waals surface area (Å²) < 4.78 is 10.1. The van der Waals surface area contributed by atoms with Crippen molar-refractivity contribution >= 4 is 17.6 Å². The van der Waals surface area contributed by atoms with Crippen LogP contribution in [0.1, 0.15) is 32.6 Å². The molecule has 1 fully saturated rings. The predicted octanol–water partition coefficient (Wildman–Crippen LogP) is 2.39. The molecule has 9 nitrogen and oxygen atoms in total. The van der Waals surface area contributed by atoms with Crippen LogP contribution in [0.3, 0.4) is 0 Å². The molecule has 26 heavy (non-hydrogen) atoms. The van der Waals surface area contributed by atoms with E-state index in [2.05, 4.69) is 17.6 Å². The number of carbonyl (C=O) groups excluding carboxylic acids is 2. The molecule has 0 unspecified atom stereocenters. The van der Waals surface area contributed by atoms with Crippen molar-refractivity contribution in [3.63, 3.8) is 0 Å². The molecule has 0 aromatic heterocycles. The van der Waals surface area contributed by atoms with Crippen LogP contribution in [0.5, 0.6) is 11.5 Å². The van der Waals surface area contributed by atoms with Crippen LogP contribution in [0.25, 0.3) is 0 Å². The van der Waals surface area contributed by atoms with E-state index >= 15 is 0 Å². The van der Waals surface area contributed by atoms with Crippen LogP contribution in [0.2, 0.25) is 0 Å². The number of nitrogens with one attached hydrogen (secondary N) is 2. The van der Waals surface area contributed by atoms with Gasteiger partial charge in [0.25, 0.3) is 5.91 Å². The van der Waals surface area contributed by atoms with Crippen LogP contribution in [0, 0.1) is 16.0 Å². The third kappa shape index (κ3) is 5.33. The highest BCUT2D eigenvalue weighted by atomic mass is 16.6. The smallest absolute Gasteiger partial charge is 0.321 e. The molecule has 1 saturated carbocycles. The molecule has 0 radical (unpaired) electrons. The van der Waals surface area contributed by atoms with Gasteiger partial charge in [-0.2, -0.15) is 0 Å². The molecule has 3 amide bonds. The average Bonchev–Trinajstić information content (AvgIpc) is 2.61. The van der Waals surface area contributed by atoms with Gasteiger partial charge in [-0.25, -0.2) is 4.79 Å². The van der Waals surface area contributed by atoms with E-state index in [0.29, 0.717) is 11.7 Å². The minimum Gasteiger partial charge on any atom is -0.496 e. The highest BCUT2D eigenvalue weighted by Crippen LogP contribution is 2.30. The standard InChI is InChI=1S/C17H23N3O6/c1-11-5-3-4-6-13(11)18-17(22)19-16(21)10-26-15-8-7-12(25-2)9-14(15)20(23)24/h7-9,11,13H,3-6,10H2,1-2H3,(H2,18,19,21,22)/t11-,13-/m0/s1. The Hall–Kier alpha value is -2.84. The second kappa shape index (κ2) is 9.02. The zero-order chi connectivity index (χ0) is 19.1. The number of hydrogen-bond donors (Lipinski definition) is 2. The zero-order valence-electron chi connectivity index (χ0n) is 14.8. The number of imide groups is 1. The van der Waals surface area contributed by atoms with E-state index in [9.17, 15) is 19.7 Å². The van der Waals surface area contributed by atoms with Crippen molar-refractivity contribution in [2.24, 2.45) is 5.92 Å². The molecular weight excluding hydrogens is 342 g/mol. The lowest BCUT2D eigenvalue weighted by Gasteiger charge is -2.29. The van der Waals surface area contributed by atoms with Gasteiger partial charge in [-0.05, 0) is 30.9 Å². The van der Waals surface area contributed by atoms with Gasteiger partial charge in [0.1, 0.15) is 5.75 Å². The molecule has 2 rings (SSSR count). The molecule has 1 aromatic carbocycles. The largest absolute Gasteiger partial charge is 0.496 e. The Morgan fingerprint density at radius 2 is 2.04 bits per heavy atom. The van der Waals surface area contributed by atoms with Crippen molar-refractivity contribution in [2.45, 2.75) is 38.6 Å². The van der Waals surface area contributed by atoms with E-state index in [1.165, 1.54) is 25.3 Å². The third-order valence-electron chi connectivity index (χ3n) is 4.40. The Kier molecular flexibility index (Phi) is 6.76. The monoisotopic (exact) mass is 365 g/mol. The lowest BCUT2D eigenvalue weighted by Crippen LogP contribution is -2.48. The number of amides is 3. The fourth-order valence-electron chi connectivity index (χ4n) is 2.93. The Bertz CT molecular complexity index is 678. The first-order chi connectivity index (χ1) is 12.4. The van der Waals surface area contributed by atoms with Crippen LogP contribution in [0.4, 0.5) is 10.5 Å². The number of nitro benzene ring substituents is 1. The van der Waals surface area contributed by atoms with Crippen molar-refractivity contribution < 1.29 is 24.0 Å². The zero-order valence-corrected chi connectivity index (χ0v) is 14.8. The maximum atomic E-state index is 11.9. The summed E-state index contributed by atoms with van der Waals surface area (Å²) in [6, 6.07) is 3.48. The van der Waals surface area contributed by atoms with Crippen molar-refractivity contribution in [3.8, 4) is 11.5 Å². The summed E-state index contributed by atoms with van der Waals surface area (Å²) >= 11 is 0. The van der Waals surface area contributed by atoms with Gasteiger partial charge in [-0.1, -0.05) is 19.8 Å². The number of methoxy groups -OCH3 is 1. The van der Waals surface area contributed by atoms with Gasteiger partial charge in [0.15, 0.2) is 12.4 Å². The molecule has 0 bridgehead atoms. The first kappa shape index (κ1) is 19.5. The summed E-state index contributed by atoms with van der Waals surface area (Å²) in [5.41, 5.74) is -0.322. The summed E-state index contributed by atoms with van der Waals surface area (Å²) in [4.78, 5) is 34.2. The van der Waals surface area contributed by atoms with Gasteiger partial charge in [0.2, 0.25) is 0 Å². The fraction of sp³-hybridized carbons (Fsp3) is 0.529. The fourth-order valence-corrected chi connectivity index (χ4v) is 2.93. The number of benzene rings is 1. The number of nitro groups is 1. The highest BCUT2D eigenvalue weighted by molar-refractivity contribution is 5.95. The summed E-state index contributed by atoms with van der Waals surface area (Å²) in [5.74, 6) is -0.0966. The van der Waals surface area contributed by atoms with E-state index in [4.69, 9.17) is 9.47 Å². The molecule has 142 valence electrons. The number of hydrogen-bond acceptors (Lipinski definition) is 6. The Morgan fingerprint density at radius 1 is 1.31 bits per heavy atom. The van der Waals surface area contributed by atoms with Crippen molar-refractivity contribution in [3.05, 3.63) is 28.3 Å². The van der Waals surface area contributed by atoms with Crippen molar-refractivity contribution in [1.82, 2.24) is 10.6 Å². The number of ether oxygens (including phenoxy) is 2. The molecule has 2 atom stereocenters. The summed E-state index contributed by atoms with van der Waals surface area (Å²) in [5, 5.41) is 16.0. The molecule has 9 heteroatoms. The van der Waals surface area contributed by atoms with Gasteiger partial charge >= 0.3 is 11.7 Å². The average molecular weight is 365 g/mol. The minimum atomic E-state index is -0.684. The van der Waals surface area contributed by atoms with E-state index in [1.807, 2.05) is 0 Å². The number of urea groups is 1. The van der Waals surface area contributed by atoms with E-state index in [-0.39, 0.29) is 17.5 Å². The van der Waals surface area contributed by atoms with Gasteiger partial charge in [0, 0.05) is 6.04 Å². The number of carbonyl (C=O) groups is 2. The van der Waals surface area contributed by atoms with Gasteiger partial charge < -0.3 is 14.8 Å². The van der Waals surface area contributed by atoms with Crippen molar-refractivity contribution in [1.29, 1.82) is 0 Å². The summed E-state index contributed by atoms with van der Waals surface area (Å²) in [6.07, 6.45) is 4.13. The first-order valence-corrected chi connectivity index (χ1v) is 8.46. The van der Waals surface area contributed by atoms with Crippen LogP contribution < -0.4 is 20.1 Å². The normalized spacial score (nSPS) is 19.3. The molecule has 0 saturated heterocycles. The second-order valence-electron chi connectivity index (χ2n) is 6.27. The first-order valence-electron chi connectivity index (χ1n) is 8.46. The molecule has 0 aliphatic heterocycles. The minimum absolute atomic E-state index is 0.0418. The van der Waals surface area contributed by atoms with E-state index in [0.717, 1.165) is 25.7 Å². The van der Waals surface area contributed by atoms with Crippen LogP contribution in [-0.2, 0) is 4.79 Å². The number of nitrogens with zero attached hydrogens (tertiary/aromatic N) is 1. The molecule has 1 aliphatic rings. The Labute approximate surface area is 151 Å². The maximum Gasteiger partial charge on any atom is 0.321 e. The van der Waals surface area contributed by atoms with Crippen LogP contribution in [0.15, 0.2) is 18.2 Å². The van der Waals surface area contributed by atoms with Gasteiger partial charge in [-0.15, -0.1) is 0 Å². The molecule has 0 spiro atoms. The van der Waals surface area contributed by atoms with Crippen molar-refractivity contribution in [2.75, 3.05) is 13.7 Å². The molecule has 0 heterocycles. The van der Waals surface area contributed by atoms with Gasteiger partial charge in [0.05, 0.1) is 18.1 Å². The second-order valence-corrected chi connectivity index (χ2v) is 6.27. The molecule has 1 aromatic rings. The van der Waals surface area contributed by atoms with E-state index < -0.39 is 23.5 Å². The van der Waals surface area contributed by atoms with Gasteiger partial charge in [-0.3, -0.25) is 20.2 Å². The lowest BCUT2D eigenvalue weighted by atomic mass is 9.86. The maximum absolute atomic E-state index is 11.9. The predicted molar refractivity (Wildman–Crippen MR) is 93.2 cm³/mol. The molecule has 2 N–H and O–H groups in total. The molecule has 1 aliphatic carbocycles. The van der Waals surface area contributed by atoms with Crippen LogP contribution in [-0.4, -0.2) is 36.6 Å². The Morgan fingerprint density at radius 3 is 2.69 bits per heavy atom. The third-order valence-corrected chi connectivity index (χ3v) is 4.40. The Balaban J connectivity index is 1.86. The SMILES string of the molecule is COc1ccc(OCC(=O)NC(=O)N[C@H]2CCCC[C@@H]2C)c([N+](=O)[O-])c1. The quantitative estimate of drug-likeness (QED) is 0.590. The summed E-state index contributed by atoms with van der Waals surface area (Å²) in [7, 11) is 1.39. The highest BCUT2D eigenvalue weighted by Gasteiger charge is 2.24. The summed E-state index contributed by atoms with van der Waals surface area (Å²) in [6.45, 7) is 1.55. The number of rotatable bonds is 6. The topological polar surface area (TPSA) is 120 Å². The van der Waals surface area contributed by atoms with Crippen LogP contribution >= 0.6 is 0 Å². The van der Waals surface area contributed by atoms with E-state index in [1.54, 1.807) is 0 Å². The molecular formula is C17H23N3O6. The lowest BCUT2D eigenvalue weighted by molar-refractivity contribution is -0.385.